The van der Waals surface area contributed by atoms with Gasteiger partial charge in [-0.05, 0) is 31.3 Å². The smallest absolute Gasteiger partial charge is 0.262 e. The zero-order valence-electron chi connectivity index (χ0n) is 15.2. The number of nitrogens with one attached hydrogen (secondary N) is 1. The van der Waals surface area contributed by atoms with Gasteiger partial charge < -0.3 is 19.9 Å². The first kappa shape index (κ1) is 18.8. The average molecular weight is 371 g/mol. The molecule has 1 aliphatic heterocycles. The first-order valence-electron chi connectivity index (χ1n) is 8.78. The molecule has 0 spiro atoms. The van der Waals surface area contributed by atoms with E-state index in [1.54, 1.807) is 41.3 Å². The fraction of sp³-hybridized carbons (Fsp3) is 0.300. The van der Waals surface area contributed by atoms with E-state index < -0.39 is 11.7 Å². The second-order valence-corrected chi connectivity index (χ2v) is 6.41. The second-order valence-electron chi connectivity index (χ2n) is 6.41. The number of hydrogen-bond acceptors (Lipinski definition) is 4. The van der Waals surface area contributed by atoms with Crippen molar-refractivity contribution in [3.63, 3.8) is 0 Å². The number of benzene rings is 2. The summed E-state index contributed by atoms with van der Waals surface area (Å²) in [5.74, 6) is -0.795. The number of carbonyl (C=O) groups is 2. The highest BCUT2D eigenvalue weighted by Crippen LogP contribution is 2.21. The highest BCUT2D eigenvalue weighted by molar-refractivity contribution is 5.97. The van der Waals surface area contributed by atoms with Gasteiger partial charge in [-0.1, -0.05) is 24.3 Å². The van der Waals surface area contributed by atoms with Crippen LogP contribution in [0.2, 0.25) is 0 Å². The number of ether oxygens (including phenoxy) is 1. The average Bonchev–Trinajstić information content (AvgIpc) is 2.68. The molecule has 0 aromatic heterocycles. The fourth-order valence-electron chi connectivity index (χ4n) is 2.84. The van der Waals surface area contributed by atoms with E-state index in [0.29, 0.717) is 24.4 Å². The SMILES string of the molecule is CN1CCN(C(=O)c2ccccc2OCC(=O)Nc2ccccc2F)CC1. The molecule has 7 heteroatoms. The lowest BCUT2D eigenvalue weighted by Crippen LogP contribution is -2.47. The van der Waals surface area contributed by atoms with E-state index >= 15 is 0 Å². The largest absolute Gasteiger partial charge is 0.483 e. The van der Waals surface area contributed by atoms with Crippen molar-refractivity contribution in [1.82, 2.24) is 9.80 Å². The lowest BCUT2D eigenvalue weighted by Gasteiger charge is -2.32. The molecular weight excluding hydrogens is 349 g/mol. The Kier molecular flexibility index (Phi) is 6.03. The summed E-state index contributed by atoms with van der Waals surface area (Å²) in [6.45, 7) is 2.62. The number of carbonyl (C=O) groups excluding carboxylic acids is 2. The third-order valence-electron chi connectivity index (χ3n) is 4.41. The molecule has 142 valence electrons. The van der Waals surface area contributed by atoms with Gasteiger partial charge in [-0.25, -0.2) is 4.39 Å². The molecule has 0 saturated carbocycles. The van der Waals surface area contributed by atoms with E-state index in [-0.39, 0.29) is 18.2 Å². The van der Waals surface area contributed by atoms with Crippen LogP contribution in [0.25, 0.3) is 0 Å². The Morgan fingerprint density at radius 2 is 1.70 bits per heavy atom. The highest BCUT2D eigenvalue weighted by atomic mass is 19.1. The summed E-state index contributed by atoms with van der Waals surface area (Å²) in [5.41, 5.74) is 0.508. The first-order chi connectivity index (χ1) is 13.0. The van der Waals surface area contributed by atoms with Gasteiger partial charge in [0, 0.05) is 26.2 Å². The Hall–Kier alpha value is -2.93. The summed E-state index contributed by atoms with van der Waals surface area (Å²) in [7, 11) is 2.02. The lowest BCUT2D eigenvalue weighted by molar-refractivity contribution is -0.118. The molecule has 1 aliphatic rings. The molecule has 1 heterocycles. The zero-order chi connectivity index (χ0) is 19.2. The molecule has 2 aromatic rings. The number of para-hydroxylation sites is 2. The predicted octanol–water partition coefficient (Wildman–Crippen LogP) is 2.23. The van der Waals surface area contributed by atoms with Crippen LogP contribution in [-0.2, 0) is 4.79 Å². The molecule has 0 radical (unpaired) electrons. The minimum Gasteiger partial charge on any atom is -0.483 e. The van der Waals surface area contributed by atoms with Gasteiger partial charge >= 0.3 is 0 Å². The van der Waals surface area contributed by atoms with E-state index in [1.165, 1.54) is 12.1 Å². The van der Waals surface area contributed by atoms with Gasteiger partial charge in [-0.3, -0.25) is 9.59 Å². The minimum atomic E-state index is -0.517. The third kappa shape index (κ3) is 4.83. The number of amides is 2. The van der Waals surface area contributed by atoms with Gasteiger partial charge in [-0.15, -0.1) is 0 Å². The maximum Gasteiger partial charge on any atom is 0.262 e. The van der Waals surface area contributed by atoms with Crippen molar-refractivity contribution in [2.24, 2.45) is 0 Å². The van der Waals surface area contributed by atoms with Crippen LogP contribution < -0.4 is 10.1 Å². The molecule has 0 atom stereocenters. The quantitative estimate of drug-likeness (QED) is 0.876. The number of nitrogens with zero attached hydrogens (tertiary/aromatic N) is 2. The van der Waals surface area contributed by atoms with Crippen LogP contribution in [0.4, 0.5) is 10.1 Å². The van der Waals surface area contributed by atoms with Crippen molar-refractivity contribution >= 4 is 17.5 Å². The third-order valence-corrected chi connectivity index (χ3v) is 4.41. The van der Waals surface area contributed by atoms with Crippen LogP contribution in [0.1, 0.15) is 10.4 Å². The molecule has 0 aliphatic carbocycles. The van der Waals surface area contributed by atoms with Crippen LogP contribution >= 0.6 is 0 Å². The van der Waals surface area contributed by atoms with Gasteiger partial charge in [0.15, 0.2) is 6.61 Å². The van der Waals surface area contributed by atoms with Crippen molar-refractivity contribution < 1.29 is 18.7 Å². The number of halogens is 1. The van der Waals surface area contributed by atoms with Crippen LogP contribution in [0.5, 0.6) is 5.75 Å². The second kappa shape index (κ2) is 8.64. The summed E-state index contributed by atoms with van der Waals surface area (Å²) < 4.78 is 19.2. The van der Waals surface area contributed by atoms with Crippen LogP contribution in [0, 0.1) is 5.82 Å². The number of anilines is 1. The molecule has 1 saturated heterocycles. The molecule has 27 heavy (non-hydrogen) atoms. The summed E-state index contributed by atoms with van der Waals surface area (Å²) in [6.07, 6.45) is 0. The molecule has 3 rings (SSSR count). The Balaban J connectivity index is 1.63. The van der Waals surface area contributed by atoms with Crippen molar-refractivity contribution in [3.8, 4) is 5.75 Å². The highest BCUT2D eigenvalue weighted by Gasteiger charge is 2.23. The monoisotopic (exact) mass is 371 g/mol. The number of piperazine rings is 1. The van der Waals surface area contributed by atoms with Gasteiger partial charge in [0.25, 0.3) is 11.8 Å². The zero-order valence-corrected chi connectivity index (χ0v) is 15.2. The molecule has 0 unspecified atom stereocenters. The standard InChI is InChI=1S/C20H22FN3O3/c1-23-10-12-24(13-11-23)20(26)15-6-2-5-9-18(15)27-14-19(25)22-17-8-4-3-7-16(17)21/h2-9H,10-14H2,1H3,(H,22,25). The Morgan fingerprint density at radius 1 is 1.04 bits per heavy atom. The van der Waals surface area contributed by atoms with Gasteiger partial charge in [0.2, 0.25) is 0 Å². The maximum atomic E-state index is 13.6. The van der Waals surface area contributed by atoms with E-state index in [1.807, 2.05) is 7.05 Å². The Morgan fingerprint density at radius 3 is 2.44 bits per heavy atom. The molecule has 1 fully saturated rings. The molecule has 2 aromatic carbocycles. The number of rotatable bonds is 5. The summed E-state index contributed by atoms with van der Waals surface area (Å²) in [4.78, 5) is 28.8. The van der Waals surface area contributed by atoms with E-state index in [9.17, 15) is 14.0 Å². The van der Waals surface area contributed by atoms with Crippen molar-refractivity contribution in [3.05, 3.63) is 59.9 Å². The van der Waals surface area contributed by atoms with Crippen molar-refractivity contribution in [1.29, 1.82) is 0 Å². The minimum absolute atomic E-state index is 0.0906. The first-order valence-corrected chi connectivity index (χ1v) is 8.78. The van der Waals surface area contributed by atoms with Crippen molar-refractivity contribution in [2.75, 3.05) is 45.2 Å². The lowest BCUT2D eigenvalue weighted by atomic mass is 10.1. The van der Waals surface area contributed by atoms with Gasteiger partial charge in [0.1, 0.15) is 11.6 Å². The van der Waals surface area contributed by atoms with Gasteiger partial charge in [0.05, 0.1) is 11.3 Å². The predicted molar refractivity (Wildman–Crippen MR) is 100 cm³/mol. The van der Waals surface area contributed by atoms with Crippen LogP contribution in [0.15, 0.2) is 48.5 Å². The maximum absolute atomic E-state index is 13.6. The van der Waals surface area contributed by atoms with Crippen LogP contribution in [0.3, 0.4) is 0 Å². The van der Waals surface area contributed by atoms with E-state index in [0.717, 1.165) is 13.1 Å². The molecule has 1 N–H and O–H groups in total. The molecule has 2 amide bonds. The summed E-state index contributed by atoms with van der Waals surface area (Å²) >= 11 is 0. The topological polar surface area (TPSA) is 61.9 Å². The molecular formula is C20H22FN3O3. The molecule has 0 bridgehead atoms. The fourth-order valence-corrected chi connectivity index (χ4v) is 2.84. The summed E-state index contributed by atoms with van der Waals surface area (Å²) in [5, 5.41) is 2.46. The van der Waals surface area contributed by atoms with E-state index in [2.05, 4.69) is 10.2 Å². The van der Waals surface area contributed by atoms with Crippen molar-refractivity contribution in [2.45, 2.75) is 0 Å². The molecule has 6 nitrogen and oxygen atoms in total. The van der Waals surface area contributed by atoms with E-state index in [4.69, 9.17) is 4.74 Å². The van der Waals surface area contributed by atoms with Gasteiger partial charge in [-0.2, -0.15) is 0 Å². The van der Waals surface area contributed by atoms with Crippen LogP contribution in [-0.4, -0.2) is 61.4 Å². The number of likely N-dealkylation sites (N-methyl/N-ethyl adjacent to an activating group) is 1. The summed E-state index contributed by atoms with van der Waals surface area (Å²) in [6, 6.07) is 12.7. The number of hydrogen-bond donors (Lipinski definition) is 1. The Bertz CT molecular complexity index is 820. The Labute approximate surface area is 157 Å². The normalized spacial score (nSPS) is 14.7.